The highest BCUT2D eigenvalue weighted by atomic mass is 14.9. The van der Waals surface area contributed by atoms with E-state index in [0.717, 1.165) is 72.2 Å². The first-order valence-electron chi connectivity index (χ1n) is 23.5. The fourth-order valence-corrected chi connectivity index (χ4v) is 11.1. The summed E-state index contributed by atoms with van der Waals surface area (Å²) in [6.07, 6.45) is 0. The van der Waals surface area contributed by atoms with Crippen LogP contribution in [0, 0.1) is 22.7 Å². The molecule has 0 unspecified atom stereocenters. The molecule has 1 heterocycles. The summed E-state index contributed by atoms with van der Waals surface area (Å²) in [6, 6.07) is 81.8. The molecule has 0 radical (unpaired) electrons. The number of fused-ring (bicyclic) bond motifs is 1. The number of hydrogen-bond acceptors (Lipinski definition) is 4. The number of nitrogens with zero attached hydrogens (tertiary/aromatic N) is 4. The number of aromatic nitrogens is 2. The van der Waals surface area contributed by atoms with Crippen molar-refractivity contribution in [1.82, 2.24) is 9.97 Å². The quantitative estimate of drug-likeness (QED) is 0.156. The Morgan fingerprint density at radius 3 is 1.27 bits per heavy atom. The smallest absolute Gasteiger partial charge is 0.160 e. The van der Waals surface area contributed by atoms with Gasteiger partial charge in [-0.05, 0) is 140 Å². The topological polar surface area (TPSA) is 73.4 Å². The summed E-state index contributed by atoms with van der Waals surface area (Å²) in [5.74, 6) is 0.611. The number of benzene rings is 13. The fraction of sp³-hybridized carbons (Fsp3) is 0. The molecular weight excluding hydrogens is 849 g/mol. The van der Waals surface area contributed by atoms with Gasteiger partial charge in [-0.2, -0.15) is 10.5 Å². The van der Waals surface area contributed by atoms with Crippen LogP contribution in [-0.4, -0.2) is 9.97 Å². The van der Waals surface area contributed by atoms with Crippen LogP contribution < -0.4 is 0 Å². The van der Waals surface area contributed by atoms with Crippen LogP contribution in [0.5, 0.6) is 0 Å². The number of hydrogen-bond donors (Lipinski definition) is 0. The molecule has 14 aromatic rings. The third kappa shape index (κ3) is 6.15. The van der Waals surface area contributed by atoms with E-state index in [-0.39, 0.29) is 0 Å². The number of nitriles is 2. The summed E-state index contributed by atoms with van der Waals surface area (Å²) in [6.45, 7) is 0. The van der Waals surface area contributed by atoms with Crippen LogP contribution in [0.2, 0.25) is 0 Å². The van der Waals surface area contributed by atoms with Gasteiger partial charge in [0, 0.05) is 22.1 Å². The molecule has 14 rings (SSSR count). The maximum Gasteiger partial charge on any atom is 0.160 e. The van der Waals surface area contributed by atoms with Gasteiger partial charge in [0.15, 0.2) is 5.82 Å². The van der Waals surface area contributed by atoms with Gasteiger partial charge in [-0.25, -0.2) is 9.97 Å². The van der Waals surface area contributed by atoms with E-state index in [1.807, 2.05) is 48.5 Å². The van der Waals surface area contributed by atoms with Crippen LogP contribution in [0.4, 0.5) is 0 Å². The van der Waals surface area contributed by atoms with Crippen LogP contribution in [0.15, 0.2) is 218 Å². The Hall–Kier alpha value is -9.74. The van der Waals surface area contributed by atoms with E-state index < -0.39 is 0 Å². The van der Waals surface area contributed by atoms with Gasteiger partial charge in [-0.3, -0.25) is 0 Å². The summed E-state index contributed by atoms with van der Waals surface area (Å²) in [7, 11) is 0. The van der Waals surface area contributed by atoms with E-state index in [2.05, 4.69) is 182 Å². The van der Waals surface area contributed by atoms with Crippen molar-refractivity contribution in [3.8, 4) is 79.3 Å². The highest BCUT2D eigenvalue weighted by molar-refractivity contribution is 6.28. The summed E-state index contributed by atoms with van der Waals surface area (Å²) < 4.78 is 0. The standard InChI is InChI=1S/C66H36N4/c67-37-39-5-1-11-51(33-39)41-13-21-49(22-14-41)64-59-36-53(54-29-25-47-19-17-43-7-3-9-45-27-31-56(54)62(47)60(43)45)35-58(55-30-26-48-20-18-44-8-4-10-46-28-32-57(55)63(48)61(44)46)65(59)70-66(69-64)50-23-15-42(16-24-50)52-12-2-6-40(34-52)38-68/h1-36H. The van der Waals surface area contributed by atoms with Crippen molar-refractivity contribution in [2.75, 3.05) is 0 Å². The van der Waals surface area contributed by atoms with Gasteiger partial charge in [-0.15, -0.1) is 0 Å². The van der Waals surface area contributed by atoms with Crippen LogP contribution in [0.1, 0.15) is 11.1 Å². The lowest BCUT2D eigenvalue weighted by atomic mass is 9.86. The van der Waals surface area contributed by atoms with Crippen molar-refractivity contribution in [2.24, 2.45) is 0 Å². The maximum absolute atomic E-state index is 9.71. The molecule has 13 aromatic carbocycles. The second-order valence-electron chi connectivity index (χ2n) is 18.3. The van der Waals surface area contributed by atoms with E-state index in [9.17, 15) is 10.5 Å². The molecule has 0 saturated heterocycles. The minimum Gasteiger partial charge on any atom is -0.227 e. The highest BCUT2D eigenvalue weighted by Crippen LogP contribution is 2.46. The summed E-state index contributed by atoms with van der Waals surface area (Å²) in [4.78, 5) is 11.1. The van der Waals surface area contributed by atoms with Crippen LogP contribution in [0.25, 0.3) is 143 Å². The van der Waals surface area contributed by atoms with Gasteiger partial charge < -0.3 is 0 Å². The monoisotopic (exact) mass is 884 g/mol. The molecule has 1 aromatic heterocycles. The fourth-order valence-electron chi connectivity index (χ4n) is 11.1. The Balaban J connectivity index is 1.07. The first-order chi connectivity index (χ1) is 34.6. The lowest BCUT2D eigenvalue weighted by Crippen LogP contribution is -1.99. The van der Waals surface area contributed by atoms with Gasteiger partial charge >= 0.3 is 0 Å². The second-order valence-corrected chi connectivity index (χ2v) is 18.3. The Bertz CT molecular complexity index is 4500. The van der Waals surface area contributed by atoms with Crippen molar-refractivity contribution >= 4 is 75.5 Å². The zero-order valence-corrected chi connectivity index (χ0v) is 37.6. The van der Waals surface area contributed by atoms with Crippen LogP contribution in [-0.2, 0) is 0 Å². The molecule has 320 valence electrons. The first kappa shape index (κ1) is 39.4. The predicted octanol–water partition coefficient (Wildman–Crippen LogP) is 17.2. The SMILES string of the molecule is N#Cc1cccc(-c2ccc(-c3nc(-c4ccc(-c5cccc(C#N)c5)cc4)c4cc(-c5ccc6ccc7cccc8ccc5c6c78)cc(-c5ccc6ccc7cccc8ccc5c6c78)c4n3)cc2)c1. The van der Waals surface area contributed by atoms with E-state index in [1.165, 1.54) is 64.6 Å². The zero-order valence-electron chi connectivity index (χ0n) is 37.6. The normalized spacial score (nSPS) is 11.7. The van der Waals surface area contributed by atoms with Gasteiger partial charge in [0.1, 0.15) is 0 Å². The molecule has 0 fully saturated rings. The molecule has 4 nitrogen and oxygen atoms in total. The lowest BCUT2D eigenvalue weighted by molar-refractivity contribution is 1.23. The molecule has 0 spiro atoms. The van der Waals surface area contributed by atoms with E-state index >= 15 is 0 Å². The minimum atomic E-state index is 0.611. The van der Waals surface area contributed by atoms with E-state index in [0.29, 0.717) is 17.0 Å². The molecule has 0 aliphatic heterocycles. The molecule has 0 atom stereocenters. The average Bonchev–Trinajstić information content (AvgIpc) is 3.43. The molecule has 0 amide bonds. The molecule has 0 aliphatic rings. The number of rotatable bonds is 6. The van der Waals surface area contributed by atoms with Gasteiger partial charge in [-0.1, -0.05) is 182 Å². The first-order valence-corrected chi connectivity index (χ1v) is 23.5. The third-order valence-electron chi connectivity index (χ3n) is 14.4. The molecule has 0 aliphatic carbocycles. The van der Waals surface area contributed by atoms with Crippen molar-refractivity contribution < 1.29 is 0 Å². The molecular formula is C66H36N4. The summed E-state index contributed by atoms with van der Waals surface area (Å²) in [5, 5.41) is 35.1. The molecule has 0 N–H and O–H groups in total. The summed E-state index contributed by atoms with van der Waals surface area (Å²) in [5.41, 5.74) is 13.1. The van der Waals surface area contributed by atoms with Gasteiger partial charge in [0.05, 0.1) is 34.5 Å². The van der Waals surface area contributed by atoms with Crippen molar-refractivity contribution in [3.63, 3.8) is 0 Å². The van der Waals surface area contributed by atoms with Crippen LogP contribution in [0.3, 0.4) is 0 Å². The largest absolute Gasteiger partial charge is 0.227 e. The lowest BCUT2D eigenvalue weighted by Gasteiger charge is -2.19. The zero-order chi connectivity index (χ0) is 46.5. The maximum atomic E-state index is 9.71. The average molecular weight is 885 g/mol. The van der Waals surface area contributed by atoms with Gasteiger partial charge in [0.25, 0.3) is 0 Å². The molecule has 70 heavy (non-hydrogen) atoms. The summed E-state index contributed by atoms with van der Waals surface area (Å²) >= 11 is 0. The predicted molar refractivity (Wildman–Crippen MR) is 289 cm³/mol. The Morgan fingerprint density at radius 1 is 0.286 bits per heavy atom. The Kier molecular flexibility index (Phi) is 8.68. The van der Waals surface area contributed by atoms with E-state index in [4.69, 9.17) is 9.97 Å². The van der Waals surface area contributed by atoms with Crippen LogP contribution >= 0.6 is 0 Å². The molecule has 0 saturated carbocycles. The second kappa shape index (κ2) is 15.4. The van der Waals surface area contributed by atoms with Crippen molar-refractivity contribution in [1.29, 1.82) is 10.5 Å². The Morgan fingerprint density at radius 2 is 0.729 bits per heavy atom. The molecule has 0 bridgehead atoms. The van der Waals surface area contributed by atoms with Gasteiger partial charge in [0.2, 0.25) is 0 Å². The van der Waals surface area contributed by atoms with Crippen molar-refractivity contribution in [2.45, 2.75) is 0 Å². The molecule has 4 heteroatoms. The van der Waals surface area contributed by atoms with Crippen molar-refractivity contribution in [3.05, 3.63) is 230 Å². The third-order valence-corrected chi connectivity index (χ3v) is 14.4. The minimum absolute atomic E-state index is 0.611. The van der Waals surface area contributed by atoms with E-state index in [1.54, 1.807) is 0 Å². The highest BCUT2D eigenvalue weighted by Gasteiger charge is 2.22. The Labute approximate surface area is 402 Å².